The molecule has 0 saturated carbocycles. The first-order valence-electron chi connectivity index (χ1n) is 6.55. The van der Waals surface area contributed by atoms with Gasteiger partial charge in [0.15, 0.2) is 0 Å². The summed E-state index contributed by atoms with van der Waals surface area (Å²) in [6.07, 6.45) is 5.83. The van der Waals surface area contributed by atoms with Gasteiger partial charge in [-0.2, -0.15) is 0 Å². The Labute approximate surface area is 105 Å². The number of hydrogen-bond acceptors (Lipinski definition) is 3. The molecule has 3 nitrogen and oxygen atoms in total. The molecule has 1 aromatic heterocycles. The average molecular weight is 238 g/mol. The van der Waals surface area contributed by atoms with Crippen LogP contribution >= 0.6 is 0 Å². The highest BCUT2D eigenvalue weighted by molar-refractivity contribution is 5.18. The molecule has 0 saturated heterocycles. The van der Waals surface area contributed by atoms with Gasteiger partial charge in [0.2, 0.25) is 0 Å². The summed E-state index contributed by atoms with van der Waals surface area (Å²) in [6, 6.07) is 2.38. The van der Waals surface area contributed by atoms with Crippen LogP contribution in [0.5, 0.6) is 0 Å². The minimum Gasteiger partial charge on any atom is -0.472 e. The molecular weight excluding hydrogens is 212 g/mol. The lowest BCUT2D eigenvalue weighted by Crippen LogP contribution is -2.53. The topological polar surface area (TPSA) is 28.4 Å². The lowest BCUT2D eigenvalue weighted by atomic mass is 9.80. The maximum atomic E-state index is 5.25. The van der Waals surface area contributed by atoms with E-state index < -0.39 is 0 Å². The second-order valence-electron chi connectivity index (χ2n) is 4.75. The van der Waals surface area contributed by atoms with Crippen molar-refractivity contribution in [3.63, 3.8) is 0 Å². The van der Waals surface area contributed by atoms with Gasteiger partial charge in [-0.15, -0.1) is 0 Å². The summed E-state index contributed by atoms with van der Waals surface area (Å²) in [6.45, 7) is 7.63. The number of furan rings is 1. The fourth-order valence-electron chi connectivity index (χ4n) is 2.81. The van der Waals surface area contributed by atoms with Crippen molar-refractivity contribution in [2.24, 2.45) is 0 Å². The van der Waals surface area contributed by atoms with Gasteiger partial charge < -0.3 is 14.6 Å². The summed E-state index contributed by atoms with van der Waals surface area (Å²) >= 11 is 0. The van der Waals surface area contributed by atoms with E-state index >= 15 is 0 Å². The molecule has 0 radical (unpaired) electrons. The number of rotatable bonds is 7. The third-order valence-electron chi connectivity index (χ3n) is 3.94. The van der Waals surface area contributed by atoms with Gasteiger partial charge in [-0.1, -0.05) is 20.8 Å². The van der Waals surface area contributed by atoms with Crippen molar-refractivity contribution in [1.29, 1.82) is 0 Å². The molecule has 1 aromatic rings. The fourth-order valence-corrected chi connectivity index (χ4v) is 2.81. The summed E-state index contributed by atoms with van der Waals surface area (Å²) < 4.78 is 5.25. The van der Waals surface area contributed by atoms with Crippen molar-refractivity contribution in [3.8, 4) is 0 Å². The summed E-state index contributed by atoms with van der Waals surface area (Å²) in [5.74, 6) is 0. The molecule has 0 fully saturated rings. The monoisotopic (exact) mass is 238 g/mol. The molecule has 0 amide bonds. The van der Waals surface area contributed by atoms with Gasteiger partial charge in [0.05, 0.1) is 18.6 Å². The lowest BCUT2D eigenvalue weighted by Gasteiger charge is -2.45. The van der Waals surface area contributed by atoms with Crippen LogP contribution in [0.1, 0.15) is 45.2 Å². The fraction of sp³-hybridized carbons (Fsp3) is 0.714. The molecule has 1 N–H and O–H groups in total. The van der Waals surface area contributed by atoms with Crippen molar-refractivity contribution >= 4 is 0 Å². The third kappa shape index (κ3) is 2.72. The lowest BCUT2D eigenvalue weighted by molar-refractivity contribution is 0.0886. The van der Waals surface area contributed by atoms with E-state index in [1.807, 2.05) is 6.26 Å². The third-order valence-corrected chi connectivity index (χ3v) is 3.94. The number of likely N-dealkylation sites (N-methyl/N-ethyl adjacent to an activating group) is 2. The van der Waals surface area contributed by atoms with Gasteiger partial charge >= 0.3 is 0 Å². The molecule has 0 aromatic carbocycles. The first kappa shape index (κ1) is 14.3. The van der Waals surface area contributed by atoms with Crippen LogP contribution in [0.15, 0.2) is 23.0 Å². The molecule has 0 aliphatic carbocycles. The molecule has 1 heterocycles. The molecule has 0 aliphatic heterocycles. The Morgan fingerprint density at radius 1 is 1.29 bits per heavy atom. The summed E-state index contributed by atoms with van der Waals surface area (Å²) in [5.41, 5.74) is 1.38. The average Bonchev–Trinajstić information content (AvgIpc) is 2.82. The van der Waals surface area contributed by atoms with Crippen LogP contribution in [0, 0.1) is 0 Å². The highest BCUT2D eigenvalue weighted by atomic mass is 16.3. The summed E-state index contributed by atoms with van der Waals surface area (Å²) in [5, 5.41) is 3.61. The van der Waals surface area contributed by atoms with Crippen LogP contribution < -0.4 is 5.32 Å². The van der Waals surface area contributed by atoms with Crippen molar-refractivity contribution < 1.29 is 4.42 Å². The van der Waals surface area contributed by atoms with E-state index in [0.29, 0.717) is 6.04 Å². The summed E-state index contributed by atoms with van der Waals surface area (Å²) in [7, 11) is 4.33. The molecule has 1 unspecified atom stereocenters. The molecule has 3 heteroatoms. The van der Waals surface area contributed by atoms with Crippen molar-refractivity contribution in [1.82, 2.24) is 10.2 Å². The predicted octanol–water partition coefficient (Wildman–Crippen LogP) is 3.05. The molecule has 17 heavy (non-hydrogen) atoms. The Bertz CT molecular complexity index is 302. The zero-order valence-corrected chi connectivity index (χ0v) is 11.8. The van der Waals surface area contributed by atoms with E-state index in [1.54, 1.807) is 6.26 Å². The number of hydrogen-bond donors (Lipinski definition) is 1. The quantitative estimate of drug-likeness (QED) is 0.791. The minimum absolute atomic E-state index is 0.139. The van der Waals surface area contributed by atoms with E-state index in [-0.39, 0.29) is 5.54 Å². The second kappa shape index (κ2) is 6.22. The largest absolute Gasteiger partial charge is 0.472 e. The Balaban J connectivity index is 3.10. The zero-order chi connectivity index (χ0) is 12.9. The Hall–Kier alpha value is -0.800. The van der Waals surface area contributed by atoms with Crippen LogP contribution in [0.25, 0.3) is 0 Å². The van der Waals surface area contributed by atoms with E-state index in [0.717, 1.165) is 19.4 Å². The number of nitrogens with zero attached hydrogens (tertiary/aromatic N) is 1. The second-order valence-corrected chi connectivity index (χ2v) is 4.75. The van der Waals surface area contributed by atoms with Crippen LogP contribution in [-0.2, 0) is 0 Å². The molecular formula is C14H26N2O. The van der Waals surface area contributed by atoms with E-state index in [2.05, 4.69) is 51.1 Å². The van der Waals surface area contributed by atoms with Crippen LogP contribution in [0.3, 0.4) is 0 Å². The van der Waals surface area contributed by atoms with Crippen LogP contribution in [-0.4, -0.2) is 31.1 Å². The smallest absolute Gasteiger partial charge is 0.0951 e. The van der Waals surface area contributed by atoms with Gasteiger partial charge in [-0.25, -0.2) is 0 Å². The molecule has 98 valence electrons. The highest BCUT2D eigenvalue weighted by Crippen LogP contribution is 2.36. The molecule has 0 bridgehead atoms. The Kier molecular flexibility index (Phi) is 5.22. The normalized spacial score (nSPS) is 14.2. The van der Waals surface area contributed by atoms with Crippen molar-refractivity contribution in [2.45, 2.75) is 45.2 Å². The molecule has 0 spiro atoms. The van der Waals surface area contributed by atoms with Gasteiger partial charge in [-0.3, -0.25) is 0 Å². The van der Waals surface area contributed by atoms with Crippen molar-refractivity contribution in [2.75, 3.05) is 20.6 Å². The Morgan fingerprint density at radius 3 is 2.29 bits per heavy atom. The van der Waals surface area contributed by atoms with E-state index in [9.17, 15) is 0 Å². The zero-order valence-electron chi connectivity index (χ0n) is 11.8. The maximum Gasteiger partial charge on any atom is 0.0951 e. The van der Waals surface area contributed by atoms with Crippen LogP contribution in [0.2, 0.25) is 0 Å². The van der Waals surface area contributed by atoms with Gasteiger partial charge in [0.25, 0.3) is 0 Å². The number of nitrogens with one attached hydrogen (secondary N) is 1. The van der Waals surface area contributed by atoms with Gasteiger partial charge in [-0.05, 0) is 39.5 Å². The van der Waals surface area contributed by atoms with E-state index in [1.165, 1.54) is 5.56 Å². The standard InChI is InChI=1S/C14H26N2O/c1-6-14(7-2,16(4)5)13(15-8-3)12-9-10-17-11-12/h9-11,13,15H,6-8H2,1-5H3. The molecule has 1 rings (SSSR count). The SMILES string of the molecule is CCNC(c1ccoc1)C(CC)(CC)N(C)C. The Morgan fingerprint density at radius 2 is 1.94 bits per heavy atom. The highest BCUT2D eigenvalue weighted by Gasteiger charge is 2.38. The molecule has 1 atom stereocenters. The van der Waals surface area contributed by atoms with Crippen LogP contribution in [0.4, 0.5) is 0 Å². The van der Waals surface area contributed by atoms with Gasteiger partial charge in [0, 0.05) is 11.1 Å². The first-order chi connectivity index (χ1) is 8.12. The maximum absolute atomic E-state index is 5.25. The van der Waals surface area contributed by atoms with Gasteiger partial charge in [0.1, 0.15) is 0 Å². The van der Waals surface area contributed by atoms with E-state index in [4.69, 9.17) is 4.42 Å². The molecule has 0 aliphatic rings. The minimum atomic E-state index is 0.139. The first-order valence-corrected chi connectivity index (χ1v) is 6.55. The summed E-state index contributed by atoms with van der Waals surface area (Å²) in [4.78, 5) is 2.34. The predicted molar refractivity (Wildman–Crippen MR) is 72.1 cm³/mol. The van der Waals surface area contributed by atoms with Crippen molar-refractivity contribution in [3.05, 3.63) is 24.2 Å².